The fourth-order valence-electron chi connectivity index (χ4n) is 4.16. The highest BCUT2D eigenvalue weighted by Gasteiger charge is 2.48. The van der Waals surface area contributed by atoms with E-state index in [2.05, 4.69) is 4.98 Å². The SMILES string of the molecule is CC(C)C(=O)CN1c2nc(N3C[C@H]4C[C@H]3CO4)cc(=O)n2CC[C@H]1C(F)(F)F. The Bertz CT molecular complexity index is 838. The van der Waals surface area contributed by atoms with Gasteiger partial charge in [-0.1, -0.05) is 13.8 Å². The number of halogens is 3. The molecule has 0 aromatic carbocycles. The van der Waals surface area contributed by atoms with Gasteiger partial charge in [-0.2, -0.15) is 18.2 Å². The molecule has 3 atom stereocenters. The summed E-state index contributed by atoms with van der Waals surface area (Å²) in [5, 5.41) is 0. The zero-order valence-corrected chi connectivity index (χ0v) is 15.8. The van der Waals surface area contributed by atoms with Crippen molar-refractivity contribution in [3.63, 3.8) is 0 Å². The standard InChI is InChI=1S/C18H23F3N4O3/c1-10(2)13(26)8-25-14(18(19,20)21)3-4-23-16(27)6-15(22-17(23)25)24-7-12-5-11(24)9-28-12/h6,10-12,14H,3-5,7-9H2,1-2H3/t11-,12+,14-/m0/s1. The van der Waals surface area contributed by atoms with E-state index >= 15 is 0 Å². The number of carbonyl (C=O) groups is 1. The van der Waals surface area contributed by atoms with E-state index < -0.39 is 30.2 Å². The Hall–Kier alpha value is -2.10. The number of morpholine rings is 1. The van der Waals surface area contributed by atoms with Gasteiger partial charge in [0.15, 0.2) is 5.78 Å². The maximum absolute atomic E-state index is 13.7. The van der Waals surface area contributed by atoms with Crippen molar-refractivity contribution in [1.82, 2.24) is 9.55 Å². The van der Waals surface area contributed by atoms with Gasteiger partial charge in [-0.15, -0.1) is 0 Å². The van der Waals surface area contributed by atoms with E-state index in [9.17, 15) is 22.8 Å². The minimum absolute atomic E-state index is 0.0622. The summed E-state index contributed by atoms with van der Waals surface area (Å²) in [5.41, 5.74) is -0.397. The number of carbonyl (C=O) groups excluding carboxylic acids is 1. The minimum atomic E-state index is -4.52. The zero-order valence-electron chi connectivity index (χ0n) is 15.8. The number of hydrogen-bond donors (Lipinski definition) is 0. The fraction of sp³-hybridized carbons (Fsp3) is 0.722. The third kappa shape index (κ3) is 3.27. The van der Waals surface area contributed by atoms with Crippen molar-refractivity contribution >= 4 is 17.5 Å². The van der Waals surface area contributed by atoms with Crippen LogP contribution in [-0.2, 0) is 16.1 Å². The highest BCUT2D eigenvalue weighted by atomic mass is 19.4. The molecule has 4 rings (SSSR count). The Kier molecular flexibility index (Phi) is 4.64. The molecule has 0 spiro atoms. The van der Waals surface area contributed by atoms with Gasteiger partial charge >= 0.3 is 6.18 Å². The van der Waals surface area contributed by atoms with Crippen LogP contribution in [0, 0.1) is 5.92 Å². The lowest BCUT2D eigenvalue weighted by atomic mass is 10.1. The molecule has 1 aromatic rings. The number of ketones is 1. The molecule has 1 aromatic heterocycles. The van der Waals surface area contributed by atoms with Crippen LogP contribution in [0.5, 0.6) is 0 Å². The summed E-state index contributed by atoms with van der Waals surface area (Å²) in [6, 6.07) is -0.385. The molecule has 2 fully saturated rings. The van der Waals surface area contributed by atoms with Crippen LogP contribution in [0.2, 0.25) is 0 Å². The lowest BCUT2D eigenvalue weighted by molar-refractivity contribution is -0.153. The molecule has 3 aliphatic rings. The van der Waals surface area contributed by atoms with Crippen molar-refractivity contribution in [3.05, 3.63) is 16.4 Å². The summed E-state index contributed by atoms with van der Waals surface area (Å²) >= 11 is 0. The lowest BCUT2D eigenvalue weighted by Gasteiger charge is -2.39. The number of anilines is 2. The Morgan fingerprint density at radius 2 is 2.14 bits per heavy atom. The number of aromatic nitrogens is 2. The van der Waals surface area contributed by atoms with E-state index in [0.717, 1.165) is 11.3 Å². The van der Waals surface area contributed by atoms with Crippen molar-refractivity contribution in [2.45, 2.75) is 57.6 Å². The topological polar surface area (TPSA) is 67.7 Å². The van der Waals surface area contributed by atoms with E-state index in [1.165, 1.54) is 10.6 Å². The molecule has 2 bridgehead atoms. The molecule has 28 heavy (non-hydrogen) atoms. The van der Waals surface area contributed by atoms with E-state index in [0.29, 0.717) is 19.0 Å². The fourth-order valence-corrected chi connectivity index (χ4v) is 4.16. The third-order valence-corrected chi connectivity index (χ3v) is 5.78. The normalized spacial score (nSPS) is 26.9. The van der Waals surface area contributed by atoms with Gasteiger partial charge in [0.1, 0.15) is 11.9 Å². The van der Waals surface area contributed by atoms with Gasteiger partial charge in [-0.25, -0.2) is 0 Å². The summed E-state index contributed by atoms with van der Waals surface area (Å²) in [5.74, 6) is -0.452. The maximum Gasteiger partial charge on any atom is 0.408 e. The molecule has 0 saturated carbocycles. The highest BCUT2D eigenvalue weighted by Crippen LogP contribution is 2.36. The molecular formula is C18H23F3N4O3. The molecule has 10 heteroatoms. The number of Topliss-reactive ketones (excluding diaryl/α,β-unsaturated/α-hetero) is 1. The summed E-state index contributed by atoms with van der Waals surface area (Å²) in [6.45, 7) is 3.87. The van der Waals surface area contributed by atoms with E-state index in [1.54, 1.807) is 13.8 Å². The van der Waals surface area contributed by atoms with Gasteiger partial charge in [0.05, 0.1) is 25.3 Å². The second-order valence-corrected chi connectivity index (χ2v) is 8.00. The molecule has 7 nitrogen and oxygen atoms in total. The van der Waals surface area contributed by atoms with Crippen molar-refractivity contribution < 1.29 is 22.7 Å². The summed E-state index contributed by atoms with van der Waals surface area (Å²) in [4.78, 5) is 32.2. The van der Waals surface area contributed by atoms with Crippen LogP contribution in [0.25, 0.3) is 0 Å². The number of alkyl halides is 3. The smallest absolute Gasteiger partial charge is 0.374 e. The van der Waals surface area contributed by atoms with Crippen LogP contribution in [-0.4, -0.2) is 59.4 Å². The molecule has 0 aliphatic carbocycles. The molecule has 154 valence electrons. The van der Waals surface area contributed by atoms with Crippen LogP contribution in [0.4, 0.5) is 24.9 Å². The first-order valence-electron chi connectivity index (χ1n) is 9.51. The van der Waals surface area contributed by atoms with Crippen molar-refractivity contribution in [2.24, 2.45) is 5.92 Å². The second kappa shape index (κ2) is 6.75. The molecular weight excluding hydrogens is 377 g/mol. The van der Waals surface area contributed by atoms with E-state index in [1.807, 2.05) is 4.90 Å². The highest BCUT2D eigenvalue weighted by molar-refractivity contribution is 5.85. The largest absolute Gasteiger partial charge is 0.408 e. The third-order valence-electron chi connectivity index (χ3n) is 5.78. The zero-order chi connectivity index (χ0) is 20.2. The predicted molar refractivity (Wildman–Crippen MR) is 95.6 cm³/mol. The molecule has 0 amide bonds. The number of ether oxygens (including phenoxy) is 1. The van der Waals surface area contributed by atoms with Gasteiger partial charge in [0, 0.05) is 25.1 Å². The van der Waals surface area contributed by atoms with E-state index in [-0.39, 0.29) is 36.8 Å². The number of nitrogens with zero attached hydrogens (tertiary/aromatic N) is 4. The van der Waals surface area contributed by atoms with Crippen molar-refractivity contribution in [2.75, 3.05) is 29.5 Å². The lowest BCUT2D eigenvalue weighted by Crippen LogP contribution is -2.54. The molecule has 0 unspecified atom stereocenters. The Morgan fingerprint density at radius 3 is 2.71 bits per heavy atom. The second-order valence-electron chi connectivity index (χ2n) is 8.00. The first kappa shape index (κ1) is 19.2. The minimum Gasteiger partial charge on any atom is -0.374 e. The Balaban J connectivity index is 1.75. The van der Waals surface area contributed by atoms with Crippen LogP contribution >= 0.6 is 0 Å². The summed E-state index contributed by atoms with van der Waals surface area (Å²) in [7, 11) is 0. The van der Waals surface area contributed by atoms with Crippen molar-refractivity contribution in [1.29, 1.82) is 0 Å². The van der Waals surface area contributed by atoms with Crippen molar-refractivity contribution in [3.8, 4) is 0 Å². The quantitative estimate of drug-likeness (QED) is 0.765. The Morgan fingerprint density at radius 1 is 1.39 bits per heavy atom. The van der Waals surface area contributed by atoms with Crippen LogP contribution in [0.1, 0.15) is 26.7 Å². The monoisotopic (exact) mass is 400 g/mol. The van der Waals surface area contributed by atoms with Gasteiger partial charge < -0.3 is 14.5 Å². The van der Waals surface area contributed by atoms with Gasteiger partial charge in [0.25, 0.3) is 5.56 Å². The molecule has 2 saturated heterocycles. The van der Waals surface area contributed by atoms with E-state index in [4.69, 9.17) is 4.74 Å². The predicted octanol–water partition coefficient (Wildman–Crippen LogP) is 1.59. The maximum atomic E-state index is 13.7. The van der Waals surface area contributed by atoms with Crippen LogP contribution < -0.4 is 15.4 Å². The first-order chi connectivity index (χ1) is 13.1. The molecule has 0 radical (unpaired) electrons. The summed E-state index contributed by atoms with van der Waals surface area (Å²) in [6.07, 6.45) is -3.92. The molecule has 4 heterocycles. The molecule has 0 N–H and O–H groups in total. The number of fused-ring (bicyclic) bond motifs is 3. The molecule has 3 aliphatic heterocycles. The van der Waals surface area contributed by atoms with Crippen LogP contribution in [0.3, 0.4) is 0 Å². The van der Waals surface area contributed by atoms with Gasteiger partial charge in [0.2, 0.25) is 5.95 Å². The van der Waals surface area contributed by atoms with Crippen LogP contribution in [0.15, 0.2) is 10.9 Å². The first-order valence-corrected chi connectivity index (χ1v) is 9.51. The number of rotatable bonds is 4. The average Bonchev–Trinajstić information content (AvgIpc) is 3.24. The van der Waals surface area contributed by atoms with Gasteiger partial charge in [-0.05, 0) is 12.8 Å². The summed E-state index contributed by atoms with van der Waals surface area (Å²) < 4.78 is 47.8. The average molecular weight is 400 g/mol. The Labute approximate surface area is 160 Å². The van der Waals surface area contributed by atoms with Gasteiger partial charge in [-0.3, -0.25) is 14.2 Å². The number of hydrogen-bond acceptors (Lipinski definition) is 6.